The summed E-state index contributed by atoms with van der Waals surface area (Å²) in [7, 11) is 1.98. The molecule has 1 aliphatic rings. The van der Waals surface area contributed by atoms with E-state index in [0.717, 1.165) is 38.9 Å². The van der Waals surface area contributed by atoms with Gasteiger partial charge in [0.15, 0.2) is 0 Å². The maximum Gasteiger partial charge on any atom is 0.236 e. The van der Waals surface area contributed by atoms with Crippen molar-refractivity contribution in [3.05, 3.63) is 0 Å². The first-order valence-electron chi connectivity index (χ1n) is 6.59. The van der Waals surface area contributed by atoms with Crippen LogP contribution in [0.3, 0.4) is 0 Å². The minimum atomic E-state index is -0.139. The highest BCUT2D eigenvalue weighted by Gasteiger charge is 2.23. The number of nitrogens with zero attached hydrogens (tertiary/aromatic N) is 2. The van der Waals surface area contributed by atoms with E-state index in [1.807, 2.05) is 25.8 Å². The van der Waals surface area contributed by atoms with Crippen LogP contribution in [0.5, 0.6) is 0 Å². The Balaban J connectivity index is 2.30. The summed E-state index contributed by atoms with van der Waals surface area (Å²) in [4.78, 5) is 16.5. The number of hydrogen-bond donors (Lipinski definition) is 1. The molecule has 0 atom stereocenters. The summed E-state index contributed by atoms with van der Waals surface area (Å²) in [6.07, 6.45) is 3.17. The number of rotatable bonds is 6. The molecular formula is C13H25N3OS. The molecule has 1 heterocycles. The van der Waals surface area contributed by atoms with Crippen molar-refractivity contribution in [2.24, 2.45) is 11.1 Å². The highest BCUT2D eigenvalue weighted by molar-refractivity contribution is 7.80. The Labute approximate surface area is 115 Å². The van der Waals surface area contributed by atoms with Crippen molar-refractivity contribution < 1.29 is 4.79 Å². The van der Waals surface area contributed by atoms with Gasteiger partial charge in [-0.2, -0.15) is 0 Å². The van der Waals surface area contributed by atoms with Gasteiger partial charge in [0.25, 0.3) is 0 Å². The Morgan fingerprint density at radius 2 is 1.94 bits per heavy atom. The van der Waals surface area contributed by atoms with Crippen LogP contribution in [-0.4, -0.2) is 53.9 Å². The minimum absolute atomic E-state index is 0.139. The second kappa shape index (κ2) is 6.48. The molecule has 0 unspecified atom stereocenters. The molecule has 1 fully saturated rings. The molecule has 0 spiro atoms. The molecule has 18 heavy (non-hydrogen) atoms. The van der Waals surface area contributed by atoms with Crippen LogP contribution < -0.4 is 5.73 Å². The number of amides is 1. The fourth-order valence-corrected chi connectivity index (χ4v) is 2.07. The second-order valence-electron chi connectivity index (χ2n) is 5.82. The molecular weight excluding hydrogens is 246 g/mol. The van der Waals surface area contributed by atoms with E-state index < -0.39 is 0 Å². The molecule has 0 aromatic rings. The molecule has 0 aromatic heterocycles. The average Bonchev–Trinajstić information content (AvgIpc) is 2.79. The van der Waals surface area contributed by atoms with E-state index in [-0.39, 0.29) is 11.3 Å². The lowest BCUT2D eigenvalue weighted by molar-refractivity contribution is -0.131. The Morgan fingerprint density at radius 3 is 2.44 bits per heavy atom. The predicted octanol–water partition coefficient (Wildman–Crippen LogP) is 1.24. The molecule has 1 aliphatic heterocycles. The molecule has 0 saturated carbocycles. The van der Waals surface area contributed by atoms with Crippen LogP contribution in [0.25, 0.3) is 0 Å². The Morgan fingerprint density at radius 1 is 1.39 bits per heavy atom. The first-order chi connectivity index (χ1) is 8.33. The number of thiocarbonyl (C=S) groups is 1. The molecule has 0 aliphatic carbocycles. The molecule has 4 nitrogen and oxygen atoms in total. The molecule has 1 saturated heterocycles. The van der Waals surface area contributed by atoms with E-state index >= 15 is 0 Å². The summed E-state index contributed by atoms with van der Waals surface area (Å²) in [5.74, 6) is 0.239. The third-order valence-corrected chi connectivity index (χ3v) is 4.20. The van der Waals surface area contributed by atoms with Gasteiger partial charge in [0, 0.05) is 18.5 Å². The summed E-state index contributed by atoms with van der Waals surface area (Å²) in [6, 6.07) is 0. The van der Waals surface area contributed by atoms with Crippen molar-refractivity contribution in [1.29, 1.82) is 0 Å². The normalized spacial score (nSPS) is 16.3. The van der Waals surface area contributed by atoms with Crippen LogP contribution in [0.2, 0.25) is 0 Å². The van der Waals surface area contributed by atoms with Crippen LogP contribution in [0.4, 0.5) is 0 Å². The van der Waals surface area contributed by atoms with Crippen LogP contribution in [0.15, 0.2) is 0 Å². The molecule has 5 heteroatoms. The lowest BCUT2D eigenvalue weighted by Gasteiger charge is -2.27. The molecule has 0 aromatic carbocycles. The first-order valence-corrected chi connectivity index (χ1v) is 7.00. The molecule has 0 bridgehead atoms. The maximum absolute atomic E-state index is 11.9. The third-order valence-electron chi connectivity index (χ3n) is 3.65. The largest absolute Gasteiger partial charge is 0.393 e. The van der Waals surface area contributed by atoms with Crippen molar-refractivity contribution in [3.63, 3.8) is 0 Å². The van der Waals surface area contributed by atoms with Gasteiger partial charge in [0.05, 0.1) is 11.5 Å². The predicted molar refractivity (Wildman–Crippen MR) is 78.5 cm³/mol. The summed E-state index contributed by atoms with van der Waals surface area (Å²) in [5, 5.41) is 0. The first kappa shape index (κ1) is 15.4. The van der Waals surface area contributed by atoms with E-state index in [1.54, 1.807) is 0 Å². The number of nitrogens with two attached hydrogens (primary N) is 1. The molecule has 1 amide bonds. The van der Waals surface area contributed by atoms with Crippen molar-refractivity contribution in [1.82, 2.24) is 9.80 Å². The molecule has 1 rings (SSSR count). The van der Waals surface area contributed by atoms with E-state index in [9.17, 15) is 4.79 Å². The fourth-order valence-electron chi connectivity index (χ4n) is 1.97. The number of likely N-dealkylation sites (tertiary alicyclic amines) is 1. The number of hydrogen-bond acceptors (Lipinski definition) is 3. The van der Waals surface area contributed by atoms with Crippen molar-refractivity contribution in [3.8, 4) is 0 Å². The highest BCUT2D eigenvalue weighted by Crippen LogP contribution is 2.20. The highest BCUT2D eigenvalue weighted by atomic mass is 32.1. The zero-order chi connectivity index (χ0) is 13.8. The van der Waals surface area contributed by atoms with Gasteiger partial charge in [-0.15, -0.1) is 0 Å². The van der Waals surface area contributed by atoms with Gasteiger partial charge in [-0.1, -0.05) is 26.1 Å². The van der Waals surface area contributed by atoms with Gasteiger partial charge in [-0.3, -0.25) is 9.69 Å². The standard InChI is InChI=1S/C13H25N3OS/c1-13(2,12(14)18)6-9-15(3)10-11(17)16-7-4-5-8-16/h4-10H2,1-3H3,(H2,14,18). The number of carbonyl (C=O) groups excluding carboxylic acids is 1. The lowest BCUT2D eigenvalue weighted by Crippen LogP contribution is -2.39. The monoisotopic (exact) mass is 271 g/mol. The molecule has 2 N–H and O–H groups in total. The van der Waals surface area contributed by atoms with Crippen LogP contribution in [-0.2, 0) is 4.79 Å². The van der Waals surface area contributed by atoms with Crippen LogP contribution in [0.1, 0.15) is 33.1 Å². The summed E-state index contributed by atoms with van der Waals surface area (Å²) < 4.78 is 0. The quantitative estimate of drug-likeness (QED) is 0.739. The average molecular weight is 271 g/mol. The smallest absolute Gasteiger partial charge is 0.236 e. The minimum Gasteiger partial charge on any atom is -0.393 e. The zero-order valence-corrected chi connectivity index (χ0v) is 12.6. The van der Waals surface area contributed by atoms with Gasteiger partial charge in [-0.25, -0.2) is 0 Å². The molecule has 104 valence electrons. The lowest BCUT2D eigenvalue weighted by atomic mass is 9.89. The number of carbonyl (C=O) groups is 1. The Kier molecular flexibility index (Phi) is 5.53. The Bertz CT molecular complexity index is 311. The van der Waals surface area contributed by atoms with Crippen LogP contribution in [0, 0.1) is 5.41 Å². The van der Waals surface area contributed by atoms with Crippen molar-refractivity contribution in [2.75, 3.05) is 33.2 Å². The van der Waals surface area contributed by atoms with Gasteiger partial charge in [0.1, 0.15) is 0 Å². The van der Waals surface area contributed by atoms with Crippen LogP contribution >= 0.6 is 12.2 Å². The van der Waals surface area contributed by atoms with E-state index in [4.69, 9.17) is 18.0 Å². The Hall–Kier alpha value is -0.680. The summed E-state index contributed by atoms with van der Waals surface area (Å²) in [6.45, 7) is 7.27. The van der Waals surface area contributed by atoms with Gasteiger partial charge < -0.3 is 10.6 Å². The summed E-state index contributed by atoms with van der Waals surface area (Å²) in [5.41, 5.74) is 5.56. The summed E-state index contributed by atoms with van der Waals surface area (Å²) >= 11 is 5.04. The zero-order valence-electron chi connectivity index (χ0n) is 11.7. The maximum atomic E-state index is 11.9. The fraction of sp³-hybridized carbons (Fsp3) is 0.846. The third kappa shape index (κ3) is 4.53. The SMILES string of the molecule is CN(CCC(C)(C)C(N)=S)CC(=O)N1CCCC1. The topological polar surface area (TPSA) is 49.6 Å². The van der Waals surface area contributed by atoms with Crippen molar-refractivity contribution in [2.45, 2.75) is 33.1 Å². The van der Waals surface area contributed by atoms with Gasteiger partial charge in [-0.05, 0) is 32.9 Å². The van der Waals surface area contributed by atoms with Gasteiger partial charge >= 0.3 is 0 Å². The van der Waals surface area contributed by atoms with Crippen molar-refractivity contribution >= 4 is 23.1 Å². The molecule has 0 radical (unpaired) electrons. The van der Waals surface area contributed by atoms with E-state index in [2.05, 4.69) is 4.90 Å². The van der Waals surface area contributed by atoms with Gasteiger partial charge in [0.2, 0.25) is 5.91 Å². The second-order valence-corrected chi connectivity index (χ2v) is 6.26. The van der Waals surface area contributed by atoms with E-state index in [1.165, 1.54) is 0 Å². The van der Waals surface area contributed by atoms with E-state index in [0.29, 0.717) is 11.5 Å². The number of likely N-dealkylation sites (N-methyl/N-ethyl adjacent to an activating group) is 1.